The van der Waals surface area contributed by atoms with Gasteiger partial charge in [-0.2, -0.15) is 0 Å². The molecule has 1 aromatic rings. The lowest BCUT2D eigenvalue weighted by atomic mass is 10.3. The largest absolute Gasteiger partial charge is 0.352 e. The molecule has 115 valence electrons. The van der Waals surface area contributed by atoms with E-state index in [1.54, 1.807) is 23.3 Å². The SMILES string of the molecule is [O]N1CC=CC=C1CON1CCNC1=Nc1ccccc1Cl. The fourth-order valence-corrected chi connectivity index (χ4v) is 2.32. The van der Waals surface area contributed by atoms with E-state index in [9.17, 15) is 5.21 Å². The third kappa shape index (κ3) is 3.41. The third-order valence-electron chi connectivity index (χ3n) is 3.30. The van der Waals surface area contributed by atoms with E-state index in [1.807, 2.05) is 24.3 Å². The minimum absolute atomic E-state index is 0.205. The van der Waals surface area contributed by atoms with Gasteiger partial charge in [-0.1, -0.05) is 41.1 Å². The maximum Gasteiger partial charge on any atom is 0.223 e. The molecule has 1 fully saturated rings. The number of rotatable bonds is 4. The highest BCUT2D eigenvalue weighted by Crippen LogP contribution is 2.24. The van der Waals surface area contributed by atoms with Gasteiger partial charge in [-0.3, -0.25) is 4.84 Å². The molecular weight excluding hydrogens is 304 g/mol. The minimum atomic E-state index is 0.205. The Morgan fingerprint density at radius 3 is 3.05 bits per heavy atom. The molecule has 3 rings (SSSR count). The molecule has 2 aliphatic rings. The highest BCUT2D eigenvalue weighted by molar-refractivity contribution is 6.33. The Kier molecular flexibility index (Phi) is 4.62. The van der Waals surface area contributed by atoms with Crippen LogP contribution in [0.15, 0.2) is 53.2 Å². The molecule has 0 aliphatic carbocycles. The molecule has 2 heterocycles. The Hall–Kier alpha value is -2.02. The standard InChI is InChI=1S/C15H16ClN4O2/c16-13-6-1-2-7-14(13)18-15-17-8-10-20(15)22-11-12-5-3-4-9-19(12)21/h1-7H,8-11H2,(H,17,18). The van der Waals surface area contributed by atoms with Crippen LogP contribution in [0.1, 0.15) is 0 Å². The van der Waals surface area contributed by atoms with Gasteiger partial charge in [-0.05, 0) is 18.2 Å². The highest BCUT2D eigenvalue weighted by atomic mass is 35.5. The lowest BCUT2D eigenvalue weighted by Gasteiger charge is -2.22. The average molecular weight is 320 g/mol. The van der Waals surface area contributed by atoms with Crippen molar-refractivity contribution in [2.45, 2.75) is 0 Å². The molecule has 0 amide bonds. The normalized spacial score (nSPS) is 19.5. The first-order valence-corrected chi connectivity index (χ1v) is 7.40. The van der Waals surface area contributed by atoms with Crippen molar-refractivity contribution in [3.8, 4) is 0 Å². The summed E-state index contributed by atoms with van der Waals surface area (Å²) in [5.41, 5.74) is 1.26. The number of nitrogens with one attached hydrogen (secondary N) is 1. The van der Waals surface area contributed by atoms with Crippen LogP contribution in [0.5, 0.6) is 0 Å². The van der Waals surface area contributed by atoms with E-state index in [0.29, 0.717) is 35.5 Å². The molecular formula is C15H16ClN4O2. The van der Waals surface area contributed by atoms with Crippen molar-refractivity contribution in [1.82, 2.24) is 15.4 Å². The summed E-state index contributed by atoms with van der Waals surface area (Å²) in [5.74, 6) is 0.595. The van der Waals surface area contributed by atoms with Gasteiger partial charge >= 0.3 is 0 Å². The second-order valence-electron chi connectivity index (χ2n) is 4.84. The van der Waals surface area contributed by atoms with E-state index >= 15 is 0 Å². The fraction of sp³-hybridized carbons (Fsp3) is 0.267. The summed E-state index contributed by atoms with van der Waals surface area (Å²) < 4.78 is 0. The summed E-state index contributed by atoms with van der Waals surface area (Å²) in [6.45, 7) is 1.94. The first-order chi connectivity index (χ1) is 10.7. The molecule has 1 saturated heterocycles. The van der Waals surface area contributed by atoms with Crippen LogP contribution >= 0.6 is 11.6 Å². The van der Waals surface area contributed by atoms with Gasteiger partial charge in [0.15, 0.2) is 0 Å². The number of para-hydroxylation sites is 1. The predicted molar refractivity (Wildman–Crippen MR) is 83.8 cm³/mol. The summed E-state index contributed by atoms with van der Waals surface area (Å²) in [7, 11) is 0. The zero-order valence-corrected chi connectivity index (χ0v) is 12.7. The van der Waals surface area contributed by atoms with Gasteiger partial charge in [0.1, 0.15) is 6.61 Å². The smallest absolute Gasteiger partial charge is 0.223 e. The molecule has 0 aromatic heterocycles. The van der Waals surface area contributed by atoms with Crippen LogP contribution in [0.25, 0.3) is 0 Å². The Bertz CT molecular complexity index is 630. The van der Waals surface area contributed by atoms with Gasteiger partial charge in [0.05, 0.1) is 29.5 Å². The molecule has 1 aromatic carbocycles. The number of halogens is 1. The number of aliphatic imine (C=N–C) groups is 1. The van der Waals surface area contributed by atoms with E-state index in [2.05, 4.69) is 10.3 Å². The van der Waals surface area contributed by atoms with E-state index in [0.717, 1.165) is 11.6 Å². The first-order valence-electron chi connectivity index (χ1n) is 7.02. The summed E-state index contributed by atoms with van der Waals surface area (Å²) in [5, 5.41) is 17.9. The van der Waals surface area contributed by atoms with Crippen LogP contribution in [0.4, 0.5) is 5.69 Å². The van der Waals surface area contributed by atoms with Crippen molar-refractivity contribution in [2.24, 2.45) is 4.99 Å². The van der Waals surface area contributed by atoms with Gasteiger partial charge in [-0.15, -0.1) is 0 Å². The molecule has 0 saturated carbocycles. The van der Waals surface area contributed by atoms with Crippen LogP contribution in [-0.4, -0.2) is 42.3 Å². The monoisotopic (exact) mass is 319 g/mol. The molecule has 2 aliphatic heterocycles. The van der Waals surface area contributed by atoms with Gasteiger partial charge in [-0.25, -0.2) is 15.1 Å². The number of guanidine groups is 1. The Morgan fingerprint density at radius 2 is 2.23 bits per heavy atom. The van der Waals surface area contributed by atoms with Gasteiger partial charge in [0.25, 0.3) is 0 Å². The van der Waals surface area contributed by atoms with Crippen molar-refractivity contribution >= 4 is 23.2 Å². The Balaban J connectivity index is 1.67. The lowest BCUT2D eigenvalue weighted by Crippen LogP contribution is -2.33. The quantitative estimate of drug-likeness (QED) is 0.925. The second kappa shape index (κ2) is 6.83. The molecule has 0 atom stereocenters. The molecule has 0 spiro atoms. The molecule has 0 bridgehead atoms. The van der Waals surface area contributed by atoms with Crippen LogP contribution in [-0.2, 0) is 10.0 Å². The maximum absolute atomic E-state index is 11.7. The van der Waals surface area contributed by atoms with Gasteiger partial charge < -0.3 is 5.32 Å². The van der Waals surface area contributed by atoms with E-state index in [-0.39, 0.29) is 6.61 Å². The van der Waals surface area contributed by atoms with Crippen LogP contribution in [0.2, 0.25) is 5.02 Å². The number of benzene rings is 1. The number of allylic oxidation sites excluding steroid dienone is 2. The molecule has 1 N–H and O–H groups in total. The van der Waals surface area contributed by atoms with E-state index in [1.165, 1.54) is 0 Å². The zero-order chi connectivity index (χ0) is 15.4. The van der Waals surface area contributed by atoms with Crippen LogP contribution in [0, 0.1) is 0 Å². The van der Waals surface area contributed by atoms with Crippen LogP contribution in [0.3, 0.4) is 0 Å². The number of hydrogen-bond donors (Lipinski definition) is 1. The summed E-state index contributed by atoms with van der Waals surface area (Å²) in [4.78, 5) is 10.2. The van der Waals surface area contributed by atoms with E-state index in [4.69, 9.17) is 16.4 Å². The molecule has 1 radical (unpaired) electrons. The summed E-state index contributed by atoms with van der Waals surface area (Å²) in [6, 6.07) is 7.35. The molecule has 7 heteroatoms. The fourth-order valence-electron chi connectivity index (χ4n) is 2.14. The number of nitrogens with zero attached hydrogens (tertiary/aromatic N) is 3. The second-order valence-corrected chi connectivity index (χ2v) is 5.24. The van der Waals surface area contributed by atoms with Crippen molar-refractivity contribution in [3.63, 3.8) is 0 Å². The first kappa shape index (κ1) is 14.9. The van der Waals surface area contributed by atoms with Gasteiger partial charge in [0, 0.05) is 6.54 Å². The molecule has 22 heavy (non-hydrogen) atoms. The Labute approximate surface area is 133 Å². The van der Waals surface area contributed by atoms with Crippen molar-refractivity contribution in [3.05, 3.63) is 53.2 Å². The number of hydrogen-bond acceptors (Lipinski definition) is 3. The average Bonchev–Trinajstić information content (AvgIpc) is 2.96. The predicted octanol–water partition coefficient (Wildman–Crippen LogP) is 2.27. The zero-order valence-electron chi connectivity index (χ0n) is 11.9. The lowest BCUT2D eigenvalue weighted by molar-refractivity contribution is -0.148. The molecule has 6 nitrogen and oxygen atoms in total. The summed E-state index contributed by atoms with van der Waals surface area (Å²) >= 11 is 6.11. The number of hydroxylamine groups is 4. The van der Waals surface area contributed by atoms with Crippen LogP contribution < -0.4 is 5.32 Å². The molecule has 0 unspecified atom stereocenters. The highest BCUT2D eigenvalue weighted by Gasteiger charge is 2.21. The van der Waals surface area contributed by atoms with Gasteiger partial charge in [0.2, 0.25) is 5.96 Å². The van der Waals surface area contributed by atoms with E-state index < -0.39 is 0 Å². The summed E-state index contributed by atoms with van der Waals surface area (Å²) in [6.07, 6.45) is 5.41. The minimum Gasteiger partial charge on any atom is -0.352 e. The Morgan fingerprint density at radius 1 is 1.36 bits per heavy atom. The topological polar surface area (TPSA) is 60.0 Å². The van der Waals surface area contributed by atoms with Crippen molar-refractivity contribution in [1.29, 1.82) is 0 Å². The van der Waals surface area contributed by atoms with Crippen molar-refractivity contribution in [2.75, 3.05) is 26.2 Å². The maximum atomic E-state index is 11.7. The third-order valence-corrected chi connectivity index (χ3v) is 3.62. The van der Waals surface area contributed by atoms with Crippen molar-refractivity contribution < 1.29 is 10.0 Å².